The van der Waals surface area contributed by atoms with Crippen LogP contribution in [0.4, 0.5) is 0 Å². The van der Waals surface area contributed by atoms with Crippen molar-refractivity contribution in [2.75, 3.05) is 6.54 Å². The minimum absolute atomic E-state index is 0.328. The van der Waals surface area contributed by atoms with Crippen LogP contribution < -0.4 is 5.32 Å². The van der Waals surface area contributed by atoms with Crippen LogP contribution in [0.3, 0.4) is 0 Å². The second kappa shape index (κ2) is 6.99. The quantitative estimate of drug-likeness (QED) is 0.807. The molecule has 0 aliphatic heterocycles. The number of nitrogens with one attached hydrogen (secondary N) is 1. The van der Waals surface area contributed by atoms with Gasteiger partial charge < -0.3 is 5.32 Å². The summed E-state index contributed by atoms with van der Waals surface area (Å²) in [6, 6.07) is 0.332. The Balaban J connectivity index is 2.13. The van der Waals surface area contributed by atoms with Gasteiger partial charge in [-0.05, 0) is 45.1 Å². The van der Waals surface area contributed by atoms with E-state index in [1.807, 2.05) is 11.3 Å². The molecule has 1 aliphatic carbocycles. The summed E-state index contributed by atoms with van der Waals surface area (Å²) in [5, 5.41) is 15.0. The molecule has 1 unspecified atom stereocenters. The number of hydrogen-bond donors (Lipinski definition) is 1. The van der Waals surface area contributed by atoms with Gasteiger partial charge in [-0.1, -0.05) is 44.9 Å². The van der Waals surface area contributed by atoms with Crippen LogP contribution >= 0.6 is 11.3 Å². The van der Waals surface area contributed by atoms with Crippen LogP contribution in [-0.4, -0.2) is 16.7 Å². The first-order chi connectivity index (χ1) is 9.57. The Morgan fingerprint density at radius 3 is 2.50 bits per heavy atom. The van der Waals surface area contributed by atoms with Gasteiger partial charge in [-0.3, -0.25) is 0 Å². The molecule has 1 fully saturated rings. The smallest absolute Gasteiger partial charge is 0.134 e. The van der Waals surface area contributed by atoms with E-state index in [9.17, 15) is 0 Å². The summed E-state index contributed by atoms with van der Waals surface area (Å²) in [6.45, 7) is 10.1. The van der Waals surface area contributed by atoms with Crippen LogP contribution in [0.5, 0.6) is 0 Å². The van der Waals surface area contributed by atoms with Crippen molar-refractivity contribution in [1.29, 1.82) is 0 Å². The molecule has 3 nitrogen and oxygen atoms in total. The van der Waals surface area contributed by atoms with Gasteiger partial charge >= 0.3 is 0 Å². The van der Waals surface area contributed by atoms with Crippen molar-refractivity contribution < 1.29 is 0 Å². The summed E-state index contributed by atoms with van der Waals surface area (Å²) < 4.78 is 0. The van der Waals surface area contributed by atoms with Crippen molar-refractivity contribution in [1.82, 2.24) is 15.5 Å². The van der Waals surface area contributed by atoms with Gasteiger partial charge in [0.05, 0.1) is 6.04 Å². The molecule has 1 aromatic rings. The molecule has 0 bridgehead atoms. The van der Waals surface area contributed by atoms with Crippen LogP contribution in [0.1, 0.15) is 82.3 Å². The SMILES string of the molecule is CCCNC(C)c1nnc(C2(CC(C)C)CCCC2)s1. The largest absolute Gasteiger partial charge is 0.308 e. The maximum atomic E-state index is 4.58. The summed E-state index contributed by atoms with van der Waals surface area (Å²) in [7, 11) is 0. The summed E-state index contributed by atoms with van der Waals surface area (Å²) in [4.78, 5) is 0. The highest BCUT2D eigenvalue weighted by Crippen LogP contribution is 2.46. The summed E-state index contributed by atoms with van der Waals surface area (Å²) >= 11 is 1.84. The molecule has 0 amide bonds. The Hall–Kier alpha value is -0.480. The van der Waals surface area contributed by atoms with Gasteiger partial charge in [-0.2, -0.15) is 0 Å². The zero-order valence-corrected chi connectivity index (χ0v) is 14.2. The Morgan fingerprint density at radius 2 is 1.90 bits per heavy atom. The molecule has 114 valence electrons. The minimum Gasteiger partial charge on any atom is -0.308 e. The van der Waals surface area contributed by atoms with Gasteiger partial charge in [0.2, 0.25) is 0 Å². The molecular formula is C16H29N3S. The lowest BCUT2D eigenvalue weighted by Gasteiger charge is -2.28. The third-order valence-electron chi connectivity index (χ3n) is 4.32. The van der Waals surface area contributed by atoms with E-state index in [2.05, 4.69) is 43.2 Å². The Bertz CT molecular complexity index is 408. The maximum Gasteiger partial charge on any atom is 0.134 e. The van der Waals surface area contributed by atoms with Gasteiger partial charge in [-0.15, -0.1) is 10.2 Å². The van der Waals surface area contributed by atoms with Crippen LogP contribution in [0, 0.1) is 5.92 Å². The topological polar surface area (TPSA) is 37.8 Å². The number of hydrogen-bond acceptors (Lipinski definition) is 4. The molecule has 0 aromatic carbocycles. The van der Waals surface area contributed by atoms with E-state index in [0.717, 1.165) is 23.9 Å². The average molecular weight is 295 g/mol. The molecule has 1 aromatic heterocycles. The molecule has 0 radical (unpaired) electrons. The van der Waals surface area contributed by atoms with Gasteiger partial charge in [-0.25, -0.2) is 0 Å². The molecule has 1 N–H and O–H groups in total. The van der Waals surface area contributed by atoms with E-state index in [4.69, 9.17) is 0 Å². The molecule has 0 saturated heterocycles. The summed E-state index contributed by atoms with van der Waals surface area (Å²) in [5.74, 6) is 0.732. The van der Waals surface area contributed by atoms with Crippen molar-refractivity contribution in [3.63, 3.8) is 0 Å². The lowest BCUT2D eigenvalue weighted by molar-refractivity contribution is 0.343. The molecule has 1 heterocycles. The fourth-order valence-corrected chi connectivity index (χ4v) is 4.54. The van der Waals surface area contributed by atoms with Crippen molar-refractivity contribution in [3.8, 4) is 0 Å². The molecule has 1 saturated carbocycles. The molecule has 1 aliphatic rings. The maximum absolute atomic E-state index is 4.58. The first kappa shape index (κ1) is 15.9. The number of aromatic nitrogens is 2. The average Bonchev–Trinajstić information content (AvgIpc) is 3.04. The highest BCUT2D eigenvalue weighted by Gasteiger charge is 2.39. The lowest BCUT2D eigenvalue weighted by Crippen LogP contribution is -2.24. The molecule has 20 heavy (non-hydrogen) atoms. The zero-order valence-electron chi connectivity index (χ0n) is 13.4. The second-order valence-electron chi connectivity index (χ2n) is 6.71. The van der Waals surface area contributed by atoms with Gasteiger partial charge in [0.25, 0.3) is 0 Å². The first-order valence-corrected chi connectivity index (χ1v) is 8.96. The van der Waals surface area contributed by atoms with Crippen LogP contribution in [0.25, 0.3) is 0 Å². The van der Waals surface area contributed by atoms with E-state index < -0.39 is 0 Å². The highest BCUT2D eigenvalue weighted by molar-refractivity contribution is 7.11. The number of nitrogens with zero attached hydrogens (tertiary/aromatic N) is 2. The normalized spacial score (nSPS) is 19.6. The van der Waals surface area contributed by atoms with Crippen LogP contribution in [0.2, 0.25) is 0 Å². The van der Waals surface area contributed by atoms with Crippen LogP contribution in [0.15, 0.2) is 0 Å². The molecule has 1 atom stereocenters. The van der Waals surface area contributed by atoms with E-state index in [1.54, 1.807) is 0 Å². The number of rotatable bonds is 7. The van der Waals surface area contributed by atoms with E-state index in [1.165, 1.54) is 37.1 Å². The second-order valence-corrected chi connectivity index (χ2v) is 7.72. The van der Waals surface area contributed by atoms with Gasteiger partial charge in [0.15, 0.2) is 0 Å². The molecule has 4 heteroatoms. The van der Waals surface area contributed by atoms with E-state index in [-0.39, 0.29) is 0 Å². The first-order valence-electron chi connectivity index (χ1n) is 8.14. The standard InChI is InChI=1S/C16H29N3S/c1-5-10-17-13(4)14-18-19-15(20-14)16(11-12(2)3)8-6-7-9-16/h12-13,17H,5-11H2,1-4H3. The fourth-order valence-electron chi connectivity index (χ4n) is 3.41. The van der Waals surface area contributed by atoms with Gasteiger partial charge in [0.1, 0.15) is 10.0 Å². The Kier molecular flexibility index (Phi) is 5.56. The van der Waals surface area contributed by atoms with Crippen molar-refractivity contribution in [2.24, 2.45) is 5.92 Å². The Labute approximate surface area is 127 Å². The summed E-state index contributed by atoms with van der Waals surface area (Å²) in [5.41, 5.74) is 0.328. The summed E-state index contributed by atoms with van der Waals surface area (Å²) in [6.07, 6.45) is 7.73. The van der Waals surface area contributed by atoms with Crippen molar-refractivity contribution >= 4 is 11.3 Å². The molecule has 2 rings (SSSR count). The van der Waals surface area contributed by atoms with Crippen LogP contribution in [-0.2, 0) is 5.41 Å². The molecule has 0 spiro atoms. The Morgan fingerprint density at radius 1 is 1.20 bits per heavy atom. The van der Waals surface area contributed by atoms with E-state index in [0.29, 0.717) is 11.5 Å². The predicted molar refractivity (Wildman–Crippen MR) is 86.2 cm³/mol. The zero-order chi connectivity index (χ0) is 14.6. The molecular weight excluding hydrogens is 266 g/mol. The lowest BCUT2D eigenvalue weighted by atomic mass is 9.79. The minimum atomic E-state index is 0.328. The van der Waals surface area contributed by atoms with E-state index >= 15 is 0 Å². The third-order valence-corrected chi connectivity index (χ3v) is 5.68. The highest BCUT2D eigenvalue weighted by atomic mass is 32.1. The fraction of sp³-hybridized carbons (Fsp3) is 0.875. The van der Waals surface area contributed by atoms with Gasteiger partial charge in [0, 0.05) is 5.41 Å². The van der Waals surface area contributed by atoms with Crippen molar-refractivity contribution in [3.05, 3.63) is 10.0 Å². The third kappa shape index (κ3) is 3.59. The monoisotopic (exact) mass is 295 g/mol. The van der Waals surface area contributed by atoms with Crippen molar-refractivity contribution in [2.45, 2.75) is 77.7 Å². The predicted octanol–water partition coefficient (Wildman–Crippen LogP) is 4.46.